The highest BCUT2D eigenvalue weighted by Gasteiger charge is 2.15. The predicted molar refractivity (Wildman–Crippen MR) is 100 cm³/mol. The van der Waals surface area contributed by atoms with E-state index in [0.717, 1.165) is 6.20 Å². The monoisotopic (exact) mass is 376 g/mol. The third-order valence-electron chi connectivity index (χ3n) is 3.75. The van der Waals surface area contributed by atoms with Crippen molar-refractivity contribution >= 4 is 22.8 Å². The van der Waals surface area contributed by atoms with Crippen molar-refractivity contribution in [3.8, 4) is 17.5 Å². The van der Waals surface area contributed by atoms with E-state index in [0.29, 0.717) is 27.9 Å². The first-order valence-corrected chi connectivity index (χ1v) is 8.41. The molecule has 1 aromatic carbocycles. The second kappa shape index (κ2) is 8.51. The minimum atomic E-state index is -0.777. The van der Waals surface area contributed by atoms with Gasteiger partial charge in [-0.05, 0) is 31.2 Å². The number of esters is 1. The number of nitrogens with one attached hydrogen (secondary N) is 2. The van der Waals surface area contributed by atoms with Gasteiger partial charge in [0.25, 0.3) is 5.91 Å². The van der Waals surface area contributed by atoms with Crippen molar-refractivity contribution in [2.24, 2.45) is 0 Å². The van der Waals surface area contributed by atoms with Crippen LogP contribution in [-0.4, -0.2) is 23.5 Å². The highest BCUT2D eigenvalue weighted by atomic mass is 16.5. The van der Waals surface area contributed by atoms with Gasteiger partial charge in [0.2, 0.25) is 0 Å². The number of rotatable bonds is 6. The predicted octanol–water partition coefficient (Wildman–Crippen LogP) is 2.70. The molecular weight excluding hydrogens is 360 g/mol. The minimum absolute atomic E-state index is 0.142. The molecule has 0 spiro atoms. The summed E-state index contributed by atoms with van der Waals surface area (Å²) in [6.45, 7) is 1.77. The van der Waals surface area contributed by atoms with Crippen LogP contribution in [0.4, 0.5) is 0 Å². The number of hydrogen-bond acceptors (Lipinski definition) is 7. The van der Waals surface area contributed by atoms with Crippen LogP contribution in [0.3, 0.4) is 0 Å². The number of para-hydroxylation sites is 1. The second-order valence-corrected chi connectivity index (χ2v) is 5.54. The number of nitriles is 1. The van der Waals surface area contributed by atoms with Crippen molar-refractivity contribution in [3.05, 3.63) is 66.1 Å². The summed E-state index contributed by atoms with van der Waals surface area (Å²) in [5.41, 5.74) is 6.13. The average Bonchev–Trinajstić information content (AvgIpc) is 3.25. The molecule has 2 aromatic heterocycles. The Kier molecular flexibility index (Phi) is 5.67. The largest absolute Gasteiger partial charge is 0.463 e. The molecular formula is C20H16N4O4. The van der Waals surface area contributed by atoms with Gasteiger partial charge in [0, 0.05) is 11.6 Å². The van der Waals surface area contributed by atoms with Crippen LogP contribution in [0.2, 0.25) is 0 Å². The normalized spacial score (nSPS) is 10.9. The summed E-state index contributed by atoms with van der Waals surface area (Å²) < 4.78 is 10.1. The van der Waals surface area contributed by atoms with E-state index >= 15 is 0 Å². The second-order valence-electron chi connectivity index (χ2n) is 5.54. The van der Waals surface area contributed by atoms with E-state index in [1.165, 1.54) is 6.26 Å². The molecule has 0 radical (unpaired) electrons. The van der Waals surface area contributed by atoms with Gasteiger partial charge in [-0.2, -0.15) is 5.26 Å². The summed E-state index contributed by atoms with van der Waals surface area (Å²) in [6, 6.07) is 14.0. The molecule has 2 N–H and O–H groups in total. The molecule has 0 atom stereocenters. The number of fused-ring (bicyclic) bond motifs is 1. The van der Waals surface area contributed by atoms with E-state index in [9.17, 15) is 9.59 Å². The number of ether oxygens (including phenoxy) is 1. The van der Waals surface area contributed by atoms with Gasteiger partial charge >= 0.3 is 5.97 Å². The van der Waals surface area contributed by atoms with Gasteiger partial charge in [0.05, 0.1) is 24.0 Å². The van der Waals surface area contributed by atoms with Crippen LogP contribution in [0.5, 0.6) is 0 Å². The first kappa shape index (κ1) is 18.7. The third-order valence-corrected chi connectivity index (χ3v) is 3.75. The number of carbonyl (C=O) groups excluding carboxylic acids is 2. The van der Waals surface area contributed by atoms with Crippen molar-refractivity contribution in [2.45, 2.75) is 6.92 Å². The van der Waals surface area contributed by atoms with Crippen molar-refractivity contribution in [1.82, 2.24) is 15.8 Å². The van der Waals surface area contributed by atoms with E-state index in [-0.39, 0.29) is 12.2 Å². The maximum Gasteiger partial charge on any atom is 0.350 e. The number of benzene rings is 1. The Morgan fingerprint density at radius 3 is 2.82 bits per heavy atom. The topological polar surface area (TPSA) is 117 Å². The maximum atomic E-state index is 12.7. The number of furan rings is 1. The summed E-state index contributed by atoms with van der Waals surface area (Å²) in [5, 5.41) is 9.64. The minimum Gasteiger partial charge on any atom is -0.463 e. The third kappa shape index (κ3) is 3.99. The molecule has 0 bridgehead atoms. The number of hydrogen-bond donors (Lipinski definition) is 2. The molecule has 0 aliphatic carbocycles. The zero-order valence-electron chi connectivity index (χ0n) is 14.9. The molecule has 0 unspecified atom stereocenters. The first-order valence-electron chi connectivity index (χ1n) is 8.41. The zero-order valence-corrected chi connectivity index (χ0v) is 14.9. The number of carbonyl (C=O) groups is 2. The maximum absolute atomic E-state index is 12.7. The van der Waals surface area contributed by atoms with E-state index in [1.54, 1.807) is 49.4 Å². The van der Waals surface area contributed by atoms with Crippen molar-refractivity contribution in [2.75, 3.05) is 6.61 Å². The molecule has 8 nitrogen and oxygen atoms in total. The first-order chi connectivity index (χ1) is 13.6. The van der Waals surface area contributed by atoms with Crippen LogP contribution in [-0.2, 0) is 9.53 Å². The Labute approximate surface area is 160 Å². The lowest BCUT2D eigenvalue weighted by atomic mass is 10.1. The van der Waals surface area contributed by atoms with Crippen molar-refractivity contribution < 1.29 is 18.7 Å². The molecule has 140 valence electrons. The van der Waals surface area contributed by atoms with Crippen LogP contribution in [0.25, 0.3) is 22.4 Å². The smallest absolute Gasteiger partial charge is 0.350 e. The highest BCUT2D eigenvalue weighted by molar-refractivity contribution is 6.07. The highest BCUT2D eigenvalue weighted by Crippen LogP contribution is 2.25. The standard InChI is InChI=1S/C20H16N4O4/c1-2-27-20(26)13(11-21)12-22-24-19(25)15-10-17(18-8-5-9-28-18)23-16-7-4-3-6-14(15)16/h3-10,12,22H,2H2,1H3,(H,24,25)/b13-12+. The number of nitrogens with zero attached hydrogens (tertiary/aromatic N) is 2. The van der Waals surface area contributed by atoms with Gasteiger partial charge in [-0.15, -0.1) is 0 Å². The molecule has 1 amide bonds. The Morgan fingerprint density at radius 1 is 1.29 bits per heavy atom. The SMILES string of the molecule is CCOC(=O)/C(C#N)=C/NNC(=O)c1cc(-c2ccco2)nc2ccccc12. The van der Waals surface area contributed by atoms with E-state index in [2.05, 4.69) is 15.8 Å². The van der Waals surface area contributed by atoms with Crippen LogP contribution < -0.4 is 10.9 Å². The molecule has 0 fully saturated rings. The lowest BCUT2D eigenvalue weighted by Gasteiger charge is -2.09. The van der Waals surface area contributed by atoms with Gasteiger partial charge in [-0.3, -0.25) is 10.2 Å². The molecule has 2 heterocycles. The fraction of sp³-hybridized carbons (Fsp3) is 0.100. The fourth-order valence-corrected chi connectivity index (χ4v) is 2.50. The van der Waals surface area contributed by atoms with Crippen LogP contribution >= 0.6 is 0 Å². The fourth-order valence-electron chi connectivity index (χ4n) is 2.50. The number of aromatic nitrogens is 1. The molecule has 8 heteroatoms. The zero-order chi connectivity index (χ0) is 19.9. The van der Waals surface area contributed by atoms with Crippen LogP contribution in [0.1, 0.15) is 17.3 Å². The summed E-state index contributed by atoms with van der Waals surface area (Å²) in [7, 11) is 0. The molecule has 0 saturated carbocycles. The molecule has 0 aliphatic heterocycles. The molecule has 28 heavy (non-hydrogen) atoms. The van der Waals surface area contributed by atoms with Crippen LogP contribution in [0, 0.1) is 11.3 Å². The molecule has 0 aliphatic rings. The summed E-state index contributed by atoms with van der Waals surface area (Å²) in [6.07, 6.45) is 2.60. The van der Waals surface area contributed by atoms with Gasteiger partial charge in [-0.1, -0.05) is 18.2 Å². The van der Waals surface area contributed by atoms with Gasteiger partial charge < -0.3 is 14.6 Å². The Hall–Kier alpha value is -4.12. The number of hydrazine groups is 1. The summed E-state index contributed by atoms with van der Waals surface area (Å²) >= 11 is 0. The number of amides is 1. The summed E-state index contributed by atoms with van der Waals surface area (Å²) in [4.78, 5) is 28.8. The lowest BCUT2D eigenvalue weighted by molar-refractivity contribution is -0.138. The number of pyridine rings is 1. The lowest BCUT2D eigenvalue weighted by Crippen LogP contribution is -2.34. The molecule has 3 aromatic rings. The van der Waals surface area contributed by atoms with Crippen molar-refractivity contribution in [3.63, 3.8) is 0 Å². The Bertz CT molecular complexity index is 1080. The molecule has 3 rings (SSSR count). The van der Waals surface area contributed by atoms with E-state index in [1.807, 2.05) is 6.07 Å². The van der Waals surface area contributed by atoms with E-state index < -0.39 is 11.9 Å². The van der Waals surface area contributed by atoms with Gasteiger partial charge in [-0.25, -0.2) is 9.78 Å². The summed E-state index contributed by atoms with van der Waals surface area (Å²) in [5.74, 6) is -0.716. The van der Waals surface area contributed by atoms with Gasteiger partial charge in [0.1, 0.15) is 11.8 Å². The van der Waals surface area contributed by atoms with E-state index in [4.69, 9.17) is 14.4 Å². The molecule has 0 saturated heterocycles. The Morgan fingerprint density at radius 2 is 2.11 bits per heavy atom. The van der Waals surface area contributed by atoms with Crippen molar-refractivity contribution in [1.29, 1.82) is 5.26 Å². The Balaban J connectivity index is 1.87. The van der Waals surface area contributed by atoms with Crippen LogP contribution in [0.15, 0.2) is 64.9 Å². The quantitative estimate of drug-likeness (QED) is 0.294. The average molecular weight is 376 g/mol. The van der Waals surface area contributed by atoms with Gasteiger partial charge in [0.15, 0.2) is 11.3 Å².